The van der Waals surface area contributed by atoms with E-state index in [0.717, 1.165) is 22.6 Å². The van der Waals surface area contributed by atoms with Crippen molar-refractivity contribution in [3.8, 4) is 5.69 Å². The minimum atomic E-state index is -0.252. The molecule has 38 heavy (non-hydrogen) atoms. The molecule has 6 nitrogen and oxygen atoms in total. The first-order chi connectivity index (χ1) is 18.5. The molecule has 0 aliphatic carbocycles. The first kappa shape index (κ1) is 24.1. The van der Waals surface area contributed by atoms with Crippen LogP contribution in [-0.4, -0.2) is 34.1 Å². The number of nitrogens with zero attached hydrogens (tertiary/aromatic N) is 4. The Hall–Kier alpha value is -4.27. The zero-order chi connectivity index (χ0) is 26.4. The van der Waals surface area contributed by atoms with Gasteiger partial charge in [0.2, 0.25) is 0 Å². The summed E-state index contributed by atoms with van der Waals surface area (Å²) in [6.45, 7) is 2.76. The van der Waals surface area contributed by atoms with Crippen LogP contribution in [0.15, 0.2) is 95.8 Å². The summed E-state index contributed by atoms with van der Waals surface area (Å²) >= 11 is 7.03. The van der Waals surface area contributed by atoms with Gasteiger partial charge in [-0.1, -0.05) is 60.7 Å². The summed E-state index contributed by atoms with van der Waals surface area (Å²) < 4.78 is 2.73. The van der Waals surface area contributed by atoms with E-state index in [1.165, 1.54) is 16.2 Å². The van der Waals surface area contributed by atoms with Crippen molar-refractivity contribution in [3.05, 3.63) is 116 Å². The molecule has 1 fully saturated rings. The van der Waals surface area contributed by atoms with Crippen molar-refractivity contribution in [2.75, 3.05) is 23.4 Å². The van der Waals surface area contributed by atoms with Crippen LogP contribution in [0.1, 0.15) is 12.5 Å². The van der Waals surface area contributed by atoms with Crippen molar-refractivity contribution >= 4 is 63.4 Å². The standard InChI is InChI=1S/C30H24N4O2S2/c1-3-32-23-17-11-10-12-20(23)18-19-24(32)26-28(36)34(22-15-8-5-9-16-22)29(38-26)25-27(35)31(2)30(37)33(25)21-13-6-4-7-14-21/h4-19H,3H2,1-2H3/b26-24+,29-25-. The van der Waals surface area contributed by atoms with Crippen molar-refractivity contribution in [2.24, 2.45) is 0 Å². The second-order valence-corrected chi connectivity index (χ2v) is 10.3. The molecule has 188 valence electrons. The largest absolute Gasteiger partial charge is 0.340 e. The Labute approximate surface area is 229 Å². The molecule has 4 aromatic rings. The average molecular weight is 537 g/mol. The number of hydrogen-bond acceptors (Lipinski definition) is 5. The fourth-order valence-corrected chi connectivity index (χ4v) is 6.39. The van der Waals surface area contributed by atoms with Crippen LogP contribution in [0.3, 0.4) is 0 Å². The lowest BCUT2D eigenvalue weighted by molar-refractivity contribution is -0.119. The third-order valence-corrected chi connectivity index (χ3v) is 8.34. The minimum absolute atomic E-state index is 0.178. The molecule has 6 rings (SSSR count). The number of rotatable bonds is 3. The van der Waals surface area contributed by atoms with Crippen LogP contribution in [0.25, 0.3) is 23.2 Å². The van der Waals surface area contributed by atoms with Crippen LogP contribution in [0.5, 0.6) is 0 Å². The molecule has 0 unspecified atom stereocenters. The number of thiocarbonyl (C=S) groups is 1. The molecule has 8 heteroatoms. The van der Waals surface area contributed by atoms with Crippen LogP contribution in [0.4, 0.5) is 11.4 Å². The number of hydrogen-bond donors (Lipinski definition) is 0. The molecule has 1 aromatic heterocycles. The van der Waals surface area contributed by atoms with Gasteiger partial charge < -0.3 is 4.90 Å². The van der Waals surface area contributed by atoms with Gasteiger partial charge in [0, 0.05) is 25.0 Å². The first-order valence-corrected chi connectivity index (χ1v) is 13.5. The molecular formula is C30H24N4O2S2. The van der Waals surface area contributed by atoms with E-state index in [-0.39, 0.29) is 11.5 Å². The minimum Gasteiger partial charge on any atom is -0.340 e. The Balaban J connectivity index is 1.74. The first-order valence-electron chi connectivity index (χ1n) is 12.3. The lowest BCUT2D eigenvalue weighted by atomic mass is 10.1. The molecule has 0 saturated carbocycles. The van der Waals surface area contributed by atoms with Gasteiger partial charge in [-0.2, -0.15) is 0 Å². The highest BCUT2D eigenvalue weighted by atomic mass is 32.1. The molecule has 2 aliphatic rings. The second-order valence-electron chi connectivity index (χ2n) is 8.90. The molecule has 0 bridgehead atoms. The van der Waals surface area contributed by atoms with Crippen LogP contribution in [0, 0.1) is 0 Å². The van der Waals surface area contributed by atoms with E-state index in [9.17, 15) is 9.59 Å². The average Bonchev–Trinajstić information content (AvgIpc) is 3.41. The quantitative estimate of drug-likeness (QED) is 0.372. The van der Waals surface area contributed by atoms with Gasteiger partial charge in [-0.05, 0) is 61.1 Å². The van der Waals surface area contributed by atoms with Crippen LogP contribution in [0.2, 0.25) is 0 Å². The summed E-state index contributed by atoms with van der Waals surface area (Å²) in [4.78, 5) is 33.3. The van der Waals surface area contributed by atoms with Gasteiger partial charge in [0.25, 0.3) is 11.5 Å². The molecule has 3 aromatic carbocycles. The Kier molecular flexibility index (Phi) is 6.06. The van der Waals surface area contributed by atoms with E-state index >= 15 is 0 Å². The lowest BCUT2D eigenvalue weighted by Gasteiger charge is -2.28. The third kappa shape index (κ3) is 3.72. The van der Waals surface area contributed by atoms with Gasteiger partial charge in [0.1, 0.15) is 14.9 Å². The maximum absolute atomic E-state index is 14.2. The second kappa shape index (κ2) is 9.55. The van der Waals surface area contributed by atoms with E-state index < -0.39 is 0 Å². The van der Waals surface area contributed by atoms with E-state index in [1.54, 1.807) is 16.5 Å². The summed E-state index contributed by atoms with van der Waals surface area (Å²) in [5.41, 5.74) is 4.59. The van der Waals surface area contributed by atoms with Gasteiger partial charge in [-0.15, -0.1) is 11.3 Å². The van der Waals surface area contributed by atoms with E-state index in [1.807, 2.05) is 84.9 Å². The predicted molar refractivity (Wildman–Crippen MR) is 159 cm³/mol. The predicted octanol–water partition coefficient (Wildman–Crippen LogP) is 3.93. The monoisotopic (exact) mass is 536 g/mol. The Bertz CT molecular complexity index is 1790. The zero-order valence-electron chi connectivity index (χ0n) is 20.9. The van der Waals surface area contributed by atoms with Crippen LogP contribution >= 0.6 is 23.6 Å². The Morgan fingerprint density at radius 2 is 1.45 bits per heavy atom. The molecule has 3 heterocycles. The fraction of sp³-hybridized carbons (Fsp3) is 0.100. The topological polar surface area (TPSA) is 48.8 Å². The molecule has 1 amide bonds. The lowest BCUT2D eigenvalue weighted by Crippen LogP contribution is -2.37. The number of carbonyl (C=O) groups is 1. The van der Waals surface area contributed by atoms with Gasteiger partial charge in [0.15, 0.2) is 5.11 Å². The Morgan fingerprint density at radius 3 is 2.13 bits per heavy atom. The number of fused-ring (bicyclic) bond motifs is 1. The number of para-hydroxylation sites is 3. The maximum Gasteiger partial charge on any atom is 0.279 e. The van der Waals surface area contributed by atoms with Crippen LogP contribution in [-0.2, 0) is 4.79 Å². The van der Waals surface area contributed by atoms with Crippen molar-refractivity contribution in [2.45, 2.75) is 6.92 Å². The highest BCUT2D eigenvalue weighted by Gasteiger charge is 2.39. The van der Waals surface area contributed by atoms with Crippen molar-refractivity contribution in [3.63, 3.8) is 0 Å². The van der Waals surface area contributed by atoms with Gasteiger partial charge >= 0.3 is 0 Å². The SMILES string of the molecule is CCN1/C(=c2/s/c(=C3/C(=O)N(C)C(=S)N3c3ccccc3)n(-c3ccccc3)c2=O)C=Cc2ccccc21. The van der Waals surface area contributed by atoms with Gasteiger partial charge in [-0.3, -0.25) is 24.0 Å². The fourth-order valence-electron chi connectivity index (χ4n) is 4.90. The van der Waals surface area contributed by atoms with E-state index in [0.29, 0.717) is 32.2 Å². The number of thiazole rings is 1. The summed E-state index contributed by atoms with van der Waals surface area (Å²) in [5, 5.41) is 0.368. The molecule has 0 spiro atoms. The number of benzene rings is 3. The molecule has 2 aliphatic heterocycles. The van der Waals surface area contributed by atoms with Crippen LogP contribution < -0.4 is 24.6 Å². The summed E-state index contributed by atoms with van der Waals surface area (Å²) in [7, 11) is 1.67. The third-order valence-electron chi connectivity index (χ3n) is 6.73. The molecule has 0 radical (unpaired) electrons. The summed E-state index contributed by atoms with van der Waals surface area (Å²) in [6, 6.07) is 27.1. The highest BCUT2D eigenvalue weighted by Crippen LogP contribution is 2.31. The summed E-state index contributed by atoms with van der Waals surface area (Å²) in [5.74, 6) is -0.252. The van der Waals surface area contributed by atoms with Crippen molar-refractivity contribution in [1.82, 2.24) is 9.47 Å². The van der Waals surface area contributed by atoms with Crippen molar-refractivity contribution < 1.29 is 4.79 Å². The molecule has 0 N–H and O–H groups in total. The number of aromatic nitrogens is 1. The number of anilines is 2. The molecular weight excluding hydrogens is 512 g/mol. The van der Waals surface area contributed by atoms with Crippen molar-refractivity contribution in [1.29, 1.82) is 0 Å². The summed E-state index contributed by atoms with van der Waals surface area (Å²) in [6.07, 6.45) is 4.03. The highest BCUT2D eigenvalue weighted by molar-refractivity contribution is 7.80. The molecule has 1 saturated heterocycles. The number of amides is 1. The zero-order valence-corrected chi connectivity index (χ0v) is 22.5. The van der Waals surface area contributed by atoms with E-state index in [4.69, 9.17) is 12.2 Å². The van der Waals surface area contributed by atoms with Gasteiger partial charge in [-0.25, -0.2) is 0 Å². The number of carbonyl (C=O) groups excluding carboxylic acids is 1. The molecule has 0 atom stereocenters. The van der Waals surface area contributed by atoms with Gasteiger partial charge in [0.05, 0.1) is 11.4 Å². The van der Waals surface area contributed by atoms with E-state index in [2.05, 4.69) is 24.0 Å². The Morgan fingerprint density at radius 1 is 0.816 bits per heavy atom. The smallest absolute Gasteiger partial charge is 0.279 e. The number of likely N-dealkylation sites (N-methyl/N-ethyl adjacent to an activating group) is 2. The normalized spacial score (nSPS) is 17.9. The maximum atomic E-state index is 14.2.